The van der Waals surface area contributed by atoms with Gasteiger partial charge in [0.05, 0.1) is 18.3 Å². The molecule has 27 heavy (non-hydrogen) atoms. The standard InChI is InChI=1S/C20H20FN5O/c1-2-3-4-18-23-11-17(24-18)19-22-7-8-26(19)12-14-9-13-5-6-15(21)10-16(13)25-20(14)27/h5-11H,2-4,12H2,1H3,(H,23,24)(H,25,27). The van der Waals surface area contributed by atoms with Crippen LogP contribution in [-0.2, 0) is 13.0 Å². The molecule has 1 aromatic carbocycles. The number of nitrogens with one attached hydrogen (secondary N) is 2. The zero-order chi connectivity index (χ0) is 18.8. The smallest absolute Gasteiger partial charge is 0.253 e. The van der Waals surface area contributed by atoms with E-state index in [0.717, 1.165) is 42.0 Å². The molecule has 0 bridgehead atoms. The molecule has 0 aliphatic heterocycles. The Morgan fingerprint density at radius 2 is 2.07 bits per heavy atom. The molecule has 4 aromatic rings. The lowest BCUT2D eigenvalue weighted by Crippen LogP contribution is -2.16. The third kappa shape index (κ3) is 3.53. The molecule has 0 spiro atoms. The zero-order valence-electron chi connectivity index (χ0n) is 15.0. The van der Waals surface area contributed by atoms with Gasteiger partial charge in [0.2, 0.25) is 0 Å². The molecule has 138 valence electrons. The topological polar surface area (TPSA) is 79.4 Å². The summed E-state index contributed by atoms with van der Waals surface area (Å²) in [7, 11) is 0. The summed E-state index contributed by atoms with van der Waals surface area (Å²) in [6.45, 7) is 2.51. The molecule has 0 aliphatic rings. The first kappa shape index (κ1) is 17.2. The number of rotatable bonds is 6. The van der Waals surface area contributed by atoms with Gasteiger partial charge >= 0.3 is 0 Å². The SMILES string of the molecule is CCCCc1ncc(-c2nccn2Cc2cc3ccc(F)cc3[nH]c2=O)[nH]1. The Bertz CT molecular complexity index is 1140. The highest BCUT2D eigenvalue weighted by molar-refractivity contribution is 5.78. The van der Waals surface area contributed by atoms with Crippen molar-refractivity contribution in [3.05, 3.63) is 70.4 Å². The summed E-state index contributed by atoms with van der Waals surface area (Å²) in [5, 5.41) is 0.788. The molecule has 0 aliphatic carbocycles. The number of nitrogens with zero attached hydrogens (tertiary/aromatic N) is 3. The summed E-state index contributed by atoms with van der Waals surface area (Å²) < 4.78 is 15.3. The Balaban J connectivity index is 1.64. The number of H-pyrrole nitrogens is 2. The predicted molar refractivity (Wildman–Crippen MR) is 102 cm³/mol. The van der Waals surface area contributed by atoms with Gasteiger partial charge in [0, 0.05) is 24.4 Å². The molecule has 0 fully saturated rings. The van der Waals surface area contributed by atoms with E-state index in [0.29, 0.717) is 17.6 Å². The second kappa shape index (κ2) is 7.19. The lowest BCUT2D eigenvalue weighted by molar-refractivity contribution is 0.629. The molecular formula is C20H20FN5O. The normalized spacial score (nSPS) is 11.3. The van der Waals surface area contributed by atoms with Gasteiger partial charge in [0.15, 0.2) is 5.82 Å². The molecule has 0 saturated heterocycles. The first-order valence-electron chi connectivity index (χ1n) is 9.01. The maximum atomic E-state index is 13.4. The van der Waals surface area contributed by atoms with E-state index < -0.39 is 0 Å². The van der Waals surface area contributed by atoms with Crippen LogP contribution in [0.1, 0.15) is 31.2 Å². The molecule has 0 amide bonds. The lowest BCUT2D eigenvalue weighted by Gasteiger charge is -2.07. The Morgan fingerprint density at radius 3 is 2.93 bits per heavy atom. The molecule has 6 nitrogen and oxygen atoms in total. The van der Waals surface area contributed by atoms with E-state index in [1.807, 2.05) is 10.8 Å². The minimum Gasteiger partial charge on any atom is -0.339 e. The molecule has 0 atom stereocenters. The van der Waals surface area contributed by atoms with Gasteiger partial charge in [-0.1, -0.05) is 13.3 Å². The van der Waals surface area contributed by atoms with E-state index in [-0.39, 0.29) is 11.4 Å². The number of hydrogen-bond acceptors (Lipinski definition) is 3. The van der Waals surface area contributed by atoms with Crippen LogP contribution in [0, 0.1) is 5.82 Å². The molecule has 0 unspecified atom stereocenters. The molecular weight excluding hydrogens is 345 g/mol. The number of benzene rings is 1. The van der Waals surface area contributed by atoms with Crippen molar-refractivity contribution in [1.82, 2.24) is 24.5 Å². The Kier molecular flexibility index (Phi) is 4.58. The number of halogens is 1. The minimum atomic E-state index is -0.374. The summed E-state index contributed by atoms with van der Waals surface area (Å²) in [5.74, 6) is 1.29. The monoisotopic (exact) mass is 365 g/mol. The van der Waals surface area contributed by atoms with Gasteiger partial charge in [-0.3, -0.25) is 4.79 Å². The number of unbranched alkanes of at least 4 members (excludes halogenated alkanes) is 1. The van der Waals surface area contributed by atoms with Crippen LogP contribution in [0.2, 0.25) is 0 Å². The predicted octanol–water partition coefficient (Wildman–Crippen LogP) is 3.64. The van der Waals surface area contributed by atoms with E-state index >= 15 is 0 Å². The van der Waals surface area contributed by atoms with Gasteiger partial charge in [-0.2, -0.15) is 0 Å². The molecule has 7 heteroatoms. The highest BCUT2D eigenvalue weighted by Crippen LogP contribution is 2.18. The molecule has 4 rings (SSSR count). The lowest BCUT2D eigenvalue weighted by atomic mass is 10.1. The van der Waals surface area contributed by atoms with Gasteiger partial charge in [0.1, 0.15) is 17.3 Å². The highest BCUT2D eigenvalue weighted by Gasteiger charge is 2.12. The van der Waals surface area contributed by atoms with Gasteiger partial charge < -0.3 is 14.5 Å². The maximum absolute atomic E-state index is 13.4. The summed E-state index contributed by atoms with van der Waals surface area (Å²) >= 11 is 0. The van der Waals surface area contributed by atoms with Crippen LogP contribution >= 0.6 is 0 Å². The fraction of sp³-hybridized carbons (Fsp3) is 0.250. The molecule has 3 heterocycles. The van der Waals surface area contributed by atoms with Crippen molar-refractivity contribution >= 4 is 10.9 Å². The van der Waals surface area contributed by atoms with Crippen LogP contribution in [0.15, 0.2) is 47.7 Å². The number of aromatic nitrogens is 5. The van der Waals surface area contributed by atoms with Crippen molar-refractivity contribution in [3.8, 4) is 11.5 Å². The molecule has 0 saturated carbocycles. The van der Waals surface area contributed by atoms with Crippen molar-refractivity contribution in [2.45, 2.75) is 32.7 Å². The number of imidazole rings is 2. The van der Waals surface area contributed by atoms with Gasteiger partial charge in [-0.25, -0.2) is 14.4 Å². The van der Waals surface area contributed by atoms with Gasteiger partial charge in [-0.05, 0) is 36.1 Å². The summed E-state index contributed by atoms with van der Waals surface area (Å²) in [6.07, 6.45) is 8.39. The van der Waals surface area contributed by atoms with E-state index in [4.69, 9.17) is 0 Å². The second-order valence-electron chi connectivity index (χ2n) is 6.58. The quantitative estimate of drug-likeness (QED) is 0.547. The van der Waals surface area contributed by atoms with E-state index in [9.17, 15) is 9.18 Å². The van der Waals surface area contributed by atoms with Crippen molar-refractivity contribution in [1.29, 1.82) is 0 Å². The Labute approximate surface area is 155 Å². The maximum Gasteiger partial charge on any atom is 0.253 e. The molecule has 2 N–H and O–H groups in total. The average molecular weight is 365 g/mol. The molecule has 0 radical (unpaired) electrons. The number of pyridine rings is 1. The van der Waals surface area contributed by atoms with Crippen LogP contribution in [0.4, 0.5) is 4.39 Å². The minimum absolute atomic E-state index is 0.235. The molecule has 3 aromatic heterocycles. The van der Waals surface area contributed by atoms with Crippen molar-refractivity contribution < 1.29 is 4.39 Å². The highest BCUT2D eigenvalue weighted by atomic mass is 19.1. The number of hydrogen-bond donors (Lipinski definition) is 2. The van der Waals surface area contributed by atoms with Crippen LogP contribution in [0.25, 0.3) is 22.4 Å². The fourth-order valence-electron chi connectivity index (χ4n) is 3.15. The van der Waals surface area contributed by atoms with E-state index in [2.05, 4.69) is 26.9 Å². The van der Waals surface area contributed by atoms with Crippen LogP contribution in [0.3, 0.4) is 0 Å². The average Bonchev–Trinajstić information content (AvgIpc) is 3.29. The van der Waals surface area contributed by atoms with Crippen LogP contribution < -0.4 is 5.56 Å². The Morgan fingerprint density at radius 1 is 1.19 bits per heavy atom. The third-order valence-electron chi connectivity index (χ3n) is 4.58. The van der Waals surface area contributed by atoms with Crippen LogP contribution in [-0.4, -0.2) is 24.5 Å². The van der Waals surface area contributed by atoms with Crippen molar-refractivity contribution in [3.63, 3.8) is 0 Å². The van der Waals surface area contributed by atoms with Crippen molar-refractivity contribution in [2.75, 3.05) is 0 Å². The first-order valence-corrected chi connectivity index (χ1v) is 9.01. The second-order valence-corrected chi connectivity index (χ2v) is 6.58. The summed E-state index contributed by atoms with van der Waals surface area (Å²) in [6, 6.07) is 6.16. The van der Waals surface area contributed by atoms with Crippen LogP contribution in [0.5, 0.6) is 0 Å². The number of fused-ring (bicyclic) bond motifs is 1. The number of aromatic amines is 2. The van der Waals surface area contributed by atoms with E-state index in [1.165, 1.54) is 12.1 Å². The van der Waals surface area contributed by atoms with Gasteiger partial charge in [-0.15, -0.1) is 0 Å². The van der Waals surface area contributed by atoms with E-state index in [1.54, 1.807) is 24.5 Å². The number of aryl methyl sites for hydroxylation is 1. The zero-order valence-corrected chi connectivity index (χ0v) is 15.0. The van der Waals surface area contributed by atoms with Gasteiger partial charge in [0.25, 0.3) is 5.56 Å². The summed E-state index contributed by atoms with van der Waals surface area (Å²) in [4.78, 5) is 27.3. The third-order valence-corrected chi connectivity index (χ3v) is 4.58. The fourth-order valence-corrected chi connectivity index (χ4v) is 3.15. The largest absolute Gasteiger partial charge is 0.339 e. The van der Waals surface area contributed by atoms with Crippen molar-refractivity contribution in [2.24, 2.45) is 0 Å². The summed E-state index contributed by atoms with van der Waals surface area (Å²) in [5.41, 5.74) is 1.66. The Hall–Kier alpha value is -3.22. The first-order chi connectivity index (χ1) is 13.1.